The first kappa shape index (κ1) is 13.1. The molecule has 1 aromatic carbocycles. The van der Waals surface area contributed by atoms with Gasteiger partial charge < -0.3 is 9.80 Å². The number of hydrogen-bond acceptors (Lipinski definition) is 3. The molecule has 2 atom stereocenters. The highest BCUT2D eigenvalue weighted by Gasteiger charge is 2.28. The van der Waals surface area contributed by atoms with Crippen molar-refractivity contribution in [2.45, 2.75) is 12.8 Å². The average molecular weight is 269 g/mol. The molecule has 1 amide bonds. The van der Waals surface area contributed by atoms with E-state index in [1.165, 1.54) is 19.4 Å². The van der Waals surface area contributed by atoms with E-state index in [2.05, 4.69) is 11.0 Å². The monoisotopic (exact) mass is 269 g/mol. The Kier molecular flexibility index (Phi) is 3.70. The number of fused-ring (bicyclic) bond motifs is 2. The Hall–Kier alpha value is -1.86. The first-order valence-electron chi connectivity index (χ1n) is 7.28. The Bertz CT molecular complexity index is 549. The van der Waals surface area contributed by atoms with Crippen molar-refractivity contribution in [3.05, 3.63) is 35.4 Å². The van der Waals surface area contributed by atoms with Crippen molar-refractivity contribution >= 4 is 5.91 Å². The molecule has 4 heteroatoms. The lowest BCUT2D eigenvalue weighted by Gasteiger charge is -2.29. The molecule has 0 N–H and O–H groups in total. The minimum atomic E-state index is 0.0656. The molecule has 2 bridgehead atoms. The zero-order chi connectivity index (χ0) is 13.9. The van der Waals surface area contributed by atoms with E-state index in [0.717, 1.165) is 26.2 Å². The summed E-state index contributed by atoms with van der Waals surface area (Å²) >= 11 is 0. The van der Waals surface area contributed by atoms with Crippen LogP contribution in [0.15, 0.2) is 24.3 Å². The quantitative estimate of drug-likeness (QED) is 0.780. The van der Waals surface area contributed by atoms with Crippen LogP contribution in [0.4, 0.5) is 0 Å². The summed E-state index contributed by atoms with van der Waals surface area (Å²) in [5.74, 6) is 0.671. The molecule has 4 nitrogen and oxygen atoms in total. The van der Waals surface area contributed by atoms with Gasteiger partial charge in [0.25, 0.3) is 5.91 Å². The Balaban J connectivity index is 1.77. The molecule has 3 rings (SSSR count). The van der Waals surface area contributed by atoms with Gasteiger partial charge in [-0.2, -0.15) is 5.26 Å². The van der Waals surface area contributed by atoms with Crippen LogP contribution in [-0.2, 0) is 0 Å². The van der Waals surface area contributed by atoms with Gasteiger partial charge in [-0.05, 0) is 43.5 Å². The third-order valence-corrected chi connectivity index (χ3v) is 4.29. The summed E-state index contributed by atoms with van der Waals surface area (Å²) in [5.41, 5.74) is 1.18. The van der Waals surface area contributed by atoms with Gasteiger partial charge in [-0.1, -0.05) is 6.07 Å². The Morgan fingerprint density at radius 3 is 3.00 bits per heavy atom. The number of carbonyl (C=O) groups is 1. The fraction of sp³-hybridized carbons (Fsp3) is 0.500. The van der Waals surface area contributed by atoms with E-state index >= 15 is 0 Å². The molecule has 0 radical (unpaired) electrons. The van der Waals surface area contributed by atoms with Gasteiger partial charge in [0.2, 0.25) is 0 Å². The number of benzene rings is 1. The Morgan fingerprint density at radius 2 is 2.15 bits per heavy atom. The van der Waals surface area contributed by atoms with Crippen molar-refractivity contribution in [3.8, 4) is 6.07 Å². The van der Waals surface area contributed by atoms with Gasteiger partial charge in [0.05, 0.1) is 11.6 Å². The smallest absolute Gasteiger partial charge is 0.253 e. The predicted octanol–water partition coefficient (Wildman–Crippen LogP) is 1.73. The largest absolute Gasteiger partial charge is 0.337 e. The van der Waals surface area contributed by atoms with E-state index in [-0.39, 0.29) is 5.91 Å². The molecule has 104 valence electrons. The van der Waals surface area contributed by atoms with E-state index in [4.69, 9.17) is 5.26 Å². The van der Waals surface area contributed by atoms with Crippen molar-refractivity contribution < 1.29 is 4.79 Å². The zero-order valence-electron chi connectivity index (χ0n) is 11.6. The van der Waals surface area contributed by atoms with Gasteiger partial charge in [0.1, 0.15) is 0 Å². The SMILES string of the molecule is N#Cc1cccc(C(=O)N2CCN3CCCC(C3)C2)c1. The van der Waals surface area contributed by atoms with Crippen molar-refractivity contribution in [1.82, 2.24) is 9.80 Å². The summed E-state index contributed by atoms with van der Waals surface area (Å²) in [4.78, 5) is 17.0. The summed E-state index contributed by atoms with van der Waals surface area (Å²) in [7, 11) is 0. The summed E-state index contributed by atoms with van der Waals surface area (Å²) in [5, 5.41) is 8.94. The van der Waals surface area contributed by atoms with E-state index in [1.807, 2.05) is 4.90 Å². The highest BCUT2D eigenvalue weighted by atomic mass is 16.2. The predicted molar refractivity (Wildman–Crippen MR) is 76.2 cm³/mol. The minimum absolute atomic E-state index is 0.0656. The second kappa shape index (κ2) is 5.64. The first-order valence-corrected chi connectivity index (χ1v) is 7.28. The fourth-order valence-corrected chi connectivity index (χ4v) is 3.26. The van der Waals surface area contributed by atoms with Gasteiger partial charge in [-0.3, -0.25) is 4.79 Å². The van der Waals surface area contributed by atoms with Crippen LogP contribution in [0.5, 0.6) is 0 Å². The molecule has 20 heavy (non-hydrogen) atoms. The van der Waals surface area contributed by atoms with Gasteiger partial charge in [0.15, 0.2) is 0 Å². The van der Waals surface area contributed by atoms with Crippen LogP contribution in [0.1, 0.15) is 28.8 Å². The van der Waals surface area contributed by atoms with Crippen molar-refractivity contribution in [2.24, 2.45) is 5.92 Å². The zero-order valence-corrected chi connectivity index (χ0v) is 11.6. The summed E-state index contributed by atoms with van der Waals surface area (Å²) < 4.78 is 0. The van der Waals surface area contributed by atoms with E-state index in [1.54, 1.807) is 24.3 Å². The van der Waals surface area contributed by atoms with E-state index in [9.17, 15) is 4.79 Å². The van der Waals surface area contributed by atoms with E-state index < -0.39 is 0 Å². The van der Waals surface area contributed by atoms with Gasteiger partial charge in [-0.15, -0.1) is 0 Å². The second-order valence-corrected chi connectivity index (χ2v) is 5.75. The minimum Gasteiger partial charge on any atom is -0.337 e. The molecule has 1 aromatic rings. The third-order valence-electron chi connectivity index (χ3n) is 4.29. The lowest BCUT2D eigenvalue weighted by molar-refractivity contribution is 0.0746. The number of nitriles is 1. The van der Waals surface area contributed by atoms with Crippen LogP contribution in [-0.4, -0.2) is 48.4 Å². The molecule has 0 saturated carbocycles. The van der Waals surface area contributed by atoms with Crippen LogP contribution in [0.2, 0.25) is 0 Å². The Labute approximate surface area is 119 Å². The van der Waals surface area contributed by atoms with Crippen molar-refractivity contribution in [3.63, 3.8) is 0 Å². The van der Waals surface area contributed by atoms with Gasteiger partial charge in [-0.25, -0.2) is 0 Å². The fourth-order valence-electron chi connectivity index (χ4n) is 3.26. The molecule has 2 aliphatic heterocycles. The van der Waals surface area contributed by atoms with Gasteiger partial charge in [0, 0.05) is 31.7 Å². The molecule has 2 heterocycles. The number of rotatable bonds is 1. The number of amides is 1. The standard InChI is InChI=1S/C16H19N3O/c17-10-13-3-1-5-15(9-13)16(20)19-8-7-18-6-2-4-14(11-18)12-19/h1,3,5,9,14H,2,4,6-8,11-12H2. The lowest BCUT2D eigenvalue weighted by atomic mass is 9.98. The van der Waals surface area contributed by atoms with Gasteiger partial charge >= 0.3 is 0 Å². The molecule has 2 saturated heterocycles. The summed E-state index contributed by atoms with van der Waals surface area (Å²) in [6.45, 7) is 4.92. The number of hydrogen-bond donors (Lipinski definition) is 0. The maximum atomic E-state index is 12.6. The Morgan fingerprint density at radius 1 is 1.25 bits per heavy atom. The third kappa shape index (κ3) is 2.68. The molecule has 0 aliphatic carbocycles. The molecule has 2 unspecified atom stereocenters. The highest BCUT2D eigenvalue weighted by molar-refractivity contribution is 5.94. The molecular weight excluding hydrogens is 250 g/mol. The lowest BCUT2D eigenvalue weighted by Crippen LogP contribution is -2.36. The van der Waals surface area contributed by atoms with Crippen LogP contribution in [0.3, 0.4) is 0 Å². The molecule has 2 fully saturated rings. The maximum absolute atomic E-state index is 12.6. The normalized spacial score (nSPS) is 25.6. The highest BCUT2D eigenvalue weighted by Crippen LogP contribution is 2.21. The van der Waals surface area contributed by atoms with Crippen molar-refractivity contribution in [1.29, 1.82) is 5.26 Å². The van der Waals surface area contributed by atoms with Crippen LogP contribution >= 0.6 is 0 Å². The summed E-state index contributed by atoms with van der Waals surface area (Å²) in [6, 6.07) is 9.11. The molecular formula is C16H19N3O. The molecule has 0 aromatic heterocycles. The number of piperidine rings is 1. The number of carbonyl (C=O) groups excluding carboxylic acids is 1. The average Bonchev–Trinajstić information content (AvgIpc) is 2.64. The van der Waals surface area contributed by atoms with Crippen molar-refractivity contribution in [2.75, 3.05) is 32.7 Å². The van der Waals surface area contributed by atoms with Crippen LogP contribution in [0.25, 0.3) is 0 Å². The molecule has 2 aliphatic rings. The van der Waals surface area contributed by atoms with Crippen LogP contribution < -0.4 is 0 Å². The number of nitrogens with zero attached hydrogens (tertiary/aromatic N) is 3. The first-order chi connectivity index (χ1) is 9.76. The van der Waals surface area contributed by atoms with E-state index in [0.29, 0.717) is 17.0 Å². The summed E-state index contributed by atoms with van der Waals surface area (Å²) in [6.07, 6.45) is 2.47. The van der Waals surface area contributed by atoms with Crippen LogP contribution in [0, 0.1) is 17.2 Å². The molecule has 0 spiro atoms. The topological polar surface area (TPSA) is 47.3 Å². The maximum Gasteiger partial charge on any atom is 0.253 e. The second-order valence-electron chi connectivity index (χ2n) is 5.75.